The second-order valence-corrected chi connectivity index (χ2v) is 6.11. The first-order valence-electron chi connectivity index (χ1n) is 8.42. The molecule has 2 heterocycles. The highest BCUT2D eigenvalue weighted by Crippen LogP contribution is 2.26. The van der Waals surface area contributed by atoms with Crippen molar-refractivity contribution < 1.29 is 23.0 Å². The molecule has 1 aliphatic heterocycles. The van der Waals surface area contributed by atoms with Gasteiger partial charge in [0, 0.05) is 32.1 Å². The van der Waals surface area contributed by atoms with Gasteiger partial charge in [-0.25, -0.2) is 8.78 Å². The van der Waals surface area contributed by atoms with Gasteiger partial charge in [-0.2, -0.15) is 0 Å². The lowest BCUT2D eigenvalue weighted by Crippen LogP contribution is -2.37. The van der Waals surface area contributed by atoms with Crippen molar-refractivity contribution in [3.05, 3.63) is 59.4 Å². The zero-order valence-corrected chi connectivity index (χ0v) is 14.5. The molecule has 1 atom stereocenters. The highest BCUT2D eigenvalue weighted by atomic mass is 19.2. The molecule has 0 unspecified atom stereocenters. The average molecular weight is 362 g/mol. The van der Waals surface area contributed by atoms with E-state index in [1.165, 1.54) is 18.1 Å². The van der Waals surface area contributed by atoms with E-state index in [4.69, 9.17) is 9.47 Å². The molecule has 1 amide bonds. The second-order valence-electron chi connectivity index (χ2n) is 6.11. The molecule has 3 rings (SSSR count). The molecule has 0 N–H and O–H groups in total. The van der Waals surface area contributed by atoms with Gasteiger partial charge in [-0.3, -0.25) is 9.78 Å². The van der Waals surface area contributed by atoms with Crippen LogP contribution in [0.3, 0.4) is 0 Å². The first kappa shape index (κ1) is 18.3. The molecular weight excluding hydrogens is 342 g/mol. The molecular formula is C19H20F2N2O3. The van der Waals surface area contributed by atoms with Crippen LogP contribution in [0.1, 0.15) is 28.8 Å². The summed E-state index contributed by atoms with van der Waals surface area (Å²) in [6.45, 7) is 1.17. The fraction of sp³-hybridized carbons (Fsp3) is 0.368. The Balaban J connectivity index is 1.92. The van der Waals surface area contributed by atoms with Crippen molar-refractivity contribution in [2.45, 2.75) is 25.5 Å². The summed E-state index contributed by atoms with van der Waals surface area (Å²) < 4.78 is 38.8. The Kier molecular flexibility index (Phi) is 5.78. The Bertz CT molecular complexity index is 765. The van der Waals surface area contributed by atoms with E-state index in [9.17, 15) is 13.6 Å². The number of hydrogen-bond acceptors (Lipinski definition) is 4. The maximum absolute atomic E-state index is 14.4. The SMILES string of the molecule is COc1ccc(F)c(F)c1C(=O)N(Cc1ccncc1)C[C@@H]1CCCO1. The van der Waals surface area contributed by atoms with Crippen LogP contribution in [0.15, 0.2) is 36.7 Å². The maximum Gasteiger partial charge on any atom is 0.261 e. The number of nitrogens with zero attached hydrogens (tertiary/aromatic N) is 2. The molecule has 1 fully saturated rings. The van der Waals surface area contributed by atoms with Gasteiger partial charge in [0.2, 0.25) is 0 Å². The van der Waals surface area contributed by atoms with Gasteiger partial charge >= 0.3 is 0 Å². The third-order valence-corrected chi connectivity index (χ3v) is 4.35. The van der Waals surface area contributed by atoms with Gasteiger partial charge in [-0.15, -0.1) is 0 Å². The number of carbonyl (C=O) groups excluding carboxylic acids is 1. The normalized spacial score (nSPS) is 16.5. The summed E-state index contributed by atoms with van der Waals surface area (Å²) in [5.41, 5.74) is 0.432. The summed E-state index contributed by atoms with van der Waals surface area (Å²) >= 11 is 0. The number of carbonyl (C=O) groups is 1. The van der Waals surface area contributed by atoms with Crippen LogP contribution in [-0.2, 0) is 11.3 Å². The van der Waals surface area contributed by atoms with Gasteiger partial charge in [-0.1, -0.05) is 0 Å². The number of aromatic nitrogens is 1. The molecule has 0 radical (unpaired) electrons. The van der Waals surface area contributed by atoms with Crippen molar-refractivity contribution in [2.75, 3.05) is 20.3 Å². The lowest BCUT2D eigenvalue weighted by molar-refractivity contribution is 0.0500. The first-order chi connectivity index (χ1) is 12.6. The number of rotatable bonds is 6. The molecule has 2 aromatic rings. The fourth-order valence-electron chi connectivity index (χ4n) is 3.02. The topological polar surface area (TPSA) is 51.7 Å². The van der Waals surface area contributed by atoms with Gasteiger partial charge in [0.15, 0.2) is 11.6 Å². The molecule has 1 saturated heterocycles. The standard InChI is InChI=1S/C19H20F2N2O3/c1-25-16-5-4-15(20)18(21)17(16)19(24)23(12-14-3-2-10-26-14)11-13-6-8-22-9-7-13/h4-9,14H,2-3,10-12H2,1H3/t14-/m0/s1. The highest BCUT2D eigenvalue weighted by Gasteiger charge is 2.29. The minimum absolute atomic E-state index is 0.000897. The number of pyridine rings is 1. The Morgan fingerprint density at radius 3 is 2.73 bits per heavy atom. The zero-order valence-electron chi connectivity index (χ0n) is 14.5. The van der Waals surface area contributed by atoms with Gasteiger partial charge in [-0.05, 0) is 42.7 Å². The van der Waals surface area contributed by atoms with Crippen molar-refractivity contribution >= 4 is 5.91 Å². The van der Waals surface area contributed by atoms with Crippen LogP contribution in [-0.4, -0.2) is 42.2 Å². The minimum atomic E-state index is -1.21. The molecule has 138 valence electrons. The van der Waals surface area contributed by atoms with E-state index < -0.39 is 23.1 Å². The van der Waals surface area contributed by atoms with E-state index in [0.717, 1.165) is 24.5 Å². The monoisotopic (exact) mass is 362 g/mol. The van der Waals surface area contributed by atoms with Gasteiger partial charge in [0.1, 0.15) is 11.3 Å². The summed E-state index contributed by atoms with van der Waals surface area (Å²) in [5, 5.41) is 0. The predicted molar refractivity (Wildman–Crippen MR) is 90.9 cm³/mol. The molecule has 0 spiro atoms. The van der Waals surface area contributed by atoms with Crippen LogP contribution in [0.4, 0.5) is 8.78 Å². The van der Waals surface area contributed by atoms with Gasteiger partial charge < -0.3 is 14.4 Å². The van der Waals surface area contributed by atoms with Crippen LogP contribution in [0.25, 0.3) is 0 Å². The minimum Gasteiger partial charge on any atom is -0.496 e. The van der Waals surface area contributed by atoms with E-state index in [2.05, 4.69) is 4.98 Å². The summed E-state index contributed by atoms with van der Waals surface area (Å²) in [4.78, 5) is 18.5. The van der Waals surface area contributed by atoms with Crippen molar-refractivity contribution in [1.29, 1.82) is 0 Å². The molecule has 1 aromatic carbocycles. The van der Waals surface area contributed by atoms with Crippen molar-refractivity contribution in [2.24, 2.45) is 0 Å². The maximum atomic E-state index is 14.4. The Morgan fingerprint density at radius 1 is 1.31 bits per heavy atom. The summed E-state index contributed by atoms with van der Waals surface area (Å²) in [6.07, 6.45) is 4.85. The van der Waals surface area contributed by atoms with Crippen LogP contribution in [0.5, 0.6) is 5.75 Å². The summed E-state index contributed by atoms with van der Waals surface area (Å²) in [7, 11) is 1.32. The Labute approximate surface area is 150 Å². The number of halogens is 2. The number of benzene rings is 1. The predicted octanol–water partition coefficient (Wildman–Crippen LogP) is 3.19. The van der Waals surface area contributed by atoms with E-state index in [0.29, 0.717) is 13.2 Å². The van der Waals surface area contributed by atoms with Crippen molar-refractivity contribution in [1.82, 2.24) is 9.88 Å². The van der Waals surface area contributed by atoms with Crippen LogP contribution < -0.4 is 4.74 Å². The first-order valence-corrected chi connectivity index (χ1v) is 8.42. The number of methoxy groups -OCH3 is 1. The van der Waals surface area contributed by atoms with Crippen LogP contribution in [0, 0.1) is 11.6 Å². The van der Waals surface area contributed by atoms with Crippen molar-refractivity contribution in [3.8, 4) is 5.75 Å². The molecule has 0 saturated carbocycles. The van der Waals surface area contributed by atoms with E-state index in [1.807, 2.05) is 0 Å². The van der Waals surface area contributed by atoms with Crippen LogP contribution >= 0.6 is 0 Å². The number of hydrogen-bond donors (Lipinski definition) is 0. The highest BCUT2D eigenvalue weighted by molar-refractivity contribution is 5.97. The number of ether oxygens (including phenoxy) is 2. The Hall–Kier alpha value is -2.54. The smallest absolute Gasteiger partial charge is 0.261 e. The lowest BCUT2D eigenvalue weighted by Gasteiger charge is -2.26. The molecule has 1 aromatic heterocycles. The third kappa shape index (κ3) is 3.99. The molecule has 7 heteroatoms. The van der Waals surface area contributed by atoms with E-state index in [1.54, 1.807) is 24.5 Å². The third-order valence-electron chi connectivity index (χ3n) is 4.35. The van der Waals surface area contributed by atoms with Crippen LogP contribution in [0.2, 0.25) is 0 Å². The average Bonchev–Trinajstić information content (AvgIpc) is 3.17. The second kappa shape index (κ2) is 8.23. The largest absolute Gasteiger partial charge is 0.496 e. The van der Waals surface area contributed by atoms with Gasteiger partial charge in [0.05, 0.1) is 13.2 Å². The number of amides is 1. The molecule has 1 aliphatic rings. The van der Waals surface area contributed by atoms with E-state index >= 15 is 0 Å². The summed E-state index contributed by atoms with van der Waals surface area (Å²) in [5.74, 6) is -2.93. The quantitative estimate of drug-likeness (QED) is 0.792. The molecule has 26 heavy (non-hydrogen) atoms. The molecule has 5 nitrogen and oxygen atoms in total. The van der Waals surface area contributed by atoms with E-state index in [-0.39, 0.29) is 18.4 Å². The van der Waals surface area contributed by atoms with Crippen molar-refractivity contribution in [3.63, 3.8) is 0 Å². The fourth-order valence-corrected chi connectivity index (χ4v) is 3.02. The zero-order chi connectivity index (χ0) is 18.5. The Morgan fingerprint density at radius 2 is 2.08 bits per heavy atom. The van der Waals surface area contributed by atoms with Gasteiger partial charge in [0.25, 0.3) is 5.91 Å². The molecule has 0 aliphatic carbocycles. The summed E-state index contributed by atoms with van der Waals surface area (Å²) in [6, 6.07) is 5.74. The molecule has 0 bridgehead atoms. The lowest BCUT2D eigenvalue weighted by atomic mass is 10.1.